The minimum absolute atomic E-state index is 0.0522. The second-order valence-corrected chi connectivity index (χ2v) is 4.67. The Morgan fingerprint density at radius 1 is 1.48 bits per heavy atom. The van der Waals surface area contributed by atoms with Crippen LogP contribution in [-0.4, -0.2) is 52.9 Å². The number of anilines is 1. The molecule has 3 N–H and O–H groups in total. The van der Waals surface area contributed by atoms with E-state index in [4.69, 9.17) is 9.84 Å². The van der Waals surface area contributed by atoms with Crippen molar-refractivity contribution in [1.82, 2.24) is 4.90 Å². The van der Waals surface area contributed by atoms with Gasteiger partial charge in [-0.15, -0.1) is 0 Å². The number of likely N-dealkylation sites (tertiary alicyclic amines) is 1. The van der Waals surface area contributed by atoms with E-state index < -0.39 is 30.0 Å². The number of carbonyl (C=O) groups excluding carboxylic acids is 1. The molecule has 114 valence electrons. The number of aliphatic hydroxyl groups excluding tert-OH is 1. The summed E-state index contributed by atoms with van der Waals surface area (Å²) in [7, 11) is 1.40. The standard InChI is InChI=1S/C13H15FN2O5/c1-21-8-2-3-9(14)10(5-8)15-13(20)16-6-7(17)4-11(16)12(18)19/h2-3,5,7,11,17H,4,6H2,1H3,(H,15,20)(H,18,19)/t7?,11-/m0/s1. The molecule has 1 heterocycles. The third-order valence-corrected chi connectivity index (χ3v) is 3.24. The lowest BCUT2D eigenvalue weighted by Crippen LogP contribution is -2.43. The van der Waals surface area contributed by atoms with Gasteiger partial charge in [0.1, 0.15) is 17.6 Å². The van der Waals surface area contributed by atoms with Crippen molar-refractivity contribution in [3.63, 3.8) is 0 Å². The molecule has 2 amide bonds. The van der Waals surface area contributed by atoms with Gasteiger partial charge in [0.05, 0.1) is 18.9 Å². The molecule has 1 aromatic carbocycles. The Kier molecular flexibility index (Phi) is 4.27. The van der Waals surface area contributed by atoms with Crippen LogP contribution < -0.4 is 10.1 Å². The predicted octanol–water partition coefficient (Wildman–Crippen LogP) is 0.886. The van der Waals surface area contributed by atoms with Gasteiger partial charge in [0.15, 0.2) is 0 Å². The lowest BCUT2D eigenvalue weighted by Gasteiger charge is -2.21. The fourth-order valence-electron chi connectivity index (χ4n) is 2.19. The number of hydrogen-bond donors (Lipinski definition) is 3. The molecule has 2 atom stereocenters. The number of ether oxygens (including phenoxy) is 1. The summed E-state index contributed by atoms with van der Waals surface area (Å²) in [4.78, 5) is 24.1. The van der Waals surface area contributed by atoms with E-state index in [0.29, 0.717) is 5.75 Å². The molecule has 0 spiro atoms. The number of rotatable bonds is 3. The molecule has 1 fully saturated rings. The van der Waals surface area contributed by atoms with E-state index in [2.05, 4.69) is 5.32 Å². The van der Waals surface area contributed by atoms with Crippen molar-refractivity contribution >= 4 is 17.7 Å². The third kappa shape index (κ3) is 3.22. The minimum atomic E-state index is -1.21. The zero-order valence-corrected chi connectivity index (χ0v) is 11.2. The molecule has 8 heteroatoms. The van der Waals surface area contributed by atoms with Crippen LogP contribution in [0.5, 0.6) is 5.75 Å². The normalized spacial score (nSPS) is 21.2. The Hall–Kier alpha value is -2.35. The Labute approximate surface area is 119 Å². The number of carbonyl (C=O) groups is 2. The summed E-state index contributed by atoms with van der Waals surface area (Å²) in [6.45, 7) is -0.117. The van der Waals surface area contributed by atoms with E-state index in [1.807, 2.05) is 0 Å². The fraction of sp³-hybridized carbons (Fsp3) is 0.385. The molecule has 1 saturated heterocycles. The lowest BCUT2D eigenvalue weighted by atomic mass is 10.2. The van der Waals surface area contributed by atoms with Crippen LogP contribution in [0.25, 0.3) is 0 Å². The van der Waals surface area contributed by atoms with Gasteiger partial charge in [0, 0.05) is 19.0 Å². The number of amides is 2. The van der Waals surface area contributed by atoms with Crippen LogP contribution in [0.4, 0.5) is 14.9 Å². The molecule has 7 nitrogen and oxygen atoms in total. The second kappa shape index (κ2) is 5.96. The van der Waals surface area contributed by atoms with Crippen LogP contribution in [0.3, 0.4) is 0 Å². The SMILES string of the molecule is COc1ccc(F)c(NC(=O)N2CC(O)C[C@H]2C(=O)O)c1. The van der Waals surface area contributed by atoms with E-state index in [1.54, 1.807) is 0 Å². The number of urea groups is 1. The van der Waals surface area contributed by atoms with Gasteiger partial charge in [-0.25, -0.2) is 14.0 Å². The molecule has 1 aliphatic heterocycles. The highest BCUT2D eigenvalue weighted by atomic mass is 19.1. The van der Waals surface area contributed by atoms with Crippen molar-refractivity contribution in [2.45, 2.75) is 18.6 Å². The molecule has 1 unspecified atom stereocenters. The Morgan fingerprint density at radius 2 is 2.19 bits per heavy atom. The average molecular weight is 298 g/mol. The fourth-order valence-corrected chi connectivity index (χ4v) is 2.19. The molecule has 1 aliphatic rings. The smallest absolute Gasteiger partial charge is 0.326 e. The van der Waals surface area contributed by atoms with Crippen LogP contribution in [0, 0.1) is 5.82 Å². The number of carboxylic acid groups (broad SMARTS) is 1. The number of aliphatic hydroxyl groups is 1. The summed E-state index contributed by atoms with van der Waals surface area (Å²) in [6, 6.07) is 1.89. The number of methoxy groups -OCH3 is 1. The molecule has 0 radical (unpaired) electrons. The summed E-state index contributed by atoms with van der Waals surface area (Å²) < 4.78 is 18.6. The molecule has 0 aliphatic carbocycles. The monoisotopic (exact) mass is 298 g/mol. The molecule has 0 bridgehead atoms. The molecular weight excluding hydrogens is 283 g/mol. The summed E-state index contributed by atoms with van der Waals surface area (Å²) >= 11 is 0. The minimum Gasteiger partial charge on any atom is -0.497 e. The van der Waals surface area contributed by atoms with Crippen LogP contribution in [-0.2, 0) is 4.79 Å². The van der Waals surface area contributed by atoms with E-state index in [-0.39, 0.29) is 18.7 Å². The lowest BCUT2D eigenvalue weighted by molar-refractivity contribution is -0.141. The number of aliphatic carboxylic acids is 1. The molecule has 1 aromatic rings. The van der Waals surface area contributed by atoms with Crippen LogP contribution in [0.15, 0.2) is 18.2 Å². The Balaban J connectivity index is 2.16. The van der Waals surface area contributed by atoms with Gasteiger partial charge in [-0.05, 0) is 12.1 Å². The van der Waals surface area contributed by atoms with E-state index >= 15 is 0 Å². The first kappa shape index (κ1) is 15.0. The highest BCUT2D eigenvalue weighted by molar-refractivity contribution is 5.93. The van der Waals surface area contributed by atoms with Crippen molar-refractivity contribution in [1.29, 1.82) is 0 Å². The molecule has 21 heavy (non-hydrogen) atoms. The van der Waals surface area contributed by atoms with Crippen molar-refractivity contribution in [2.24, 2.45) is 0 Å². The van der Waals surface area contributed by atoms with Crippen LogP contribution in [0.1, 0.15) is 6.42 Å². The summed E-state index contributed by atoms with van der Waals surface area (Å²) in [5, 5.41) is 20.8. The predicted molar refractivity (Wildman–Crippen MR) is 70.7 cm³/mol. The molecule has 2 rings (SSSR count). The third-order valence-electron chi connectivity index (χ3n) is 3.24. The summed E-state index contributed by atoms with van der Waals surface area (Å²) in [5.74, 6) is -1.54. The van der Waals surface area contributed by atoms with Gasteiger partial charge >= 0.3 is 12.0 Å². The van der Waals surface area contributed by atoms with Gasteiger partial charge in [-0.3, -0.25) is 0 Å². The highest BCUT2D eigenvalue weighted by Crippen LogP contribution is 2.24. The average Bonchev–Trinajstić information content (AvgIpc) is 2.83. The maximum atomic E-state index is 13.6. The number of β-amino-alcohol motifs (C(OH)–C–C–N with tert-alkyl or cyclic N) is 1. The van der Waals surface area contributed by atoms with E-state index in [9.17, 15) is 19.1 Å². The van der Waals surface area contributed by atoms with E-state index in [0.717, 1.165) is 11.0 Å². The summed E-state index contributed by atoms with van der Waals surface area (Å²) in [5.41, 5.74) is -0.120. The van der Waals surface area contributed by atoms with Crippen LogP contribution >= 0.6 is 0 Å². The van der Waals surface area contributed by atoms with Crippen molar-refractivity contribution in [3.8, 4) is 5.75 Å². The van der Waals surface area contributed by atoms with Crippen molar-refractivity contribution in [2.75, 3.05) is 19.0 Å². The van der Waals surface area contributed by atoms with Gasteiger partial charge in [-0.1, -0.05) is 0 Å². The summed E-state index contributed by atoms with van der Waals surface area (Å²) in [6.07, 6.45) is -0.962. The first-order valence-electron chi connectivity index (χ1n) is 6.24. The van der Waals surface area contributed by atoms with Crippen molar-refractivity contribution in [3.05, 3.63) is 24.0 Å². The van der Waals surface area contributed by atoms with Crippen molar-refractivity contribution < 1.29 is 28.9 Å². The Morgan fingerprint density at radius 3 is 2.81 bits per heavy atom. The first-order valence-corrected chi connectivity index (χ1v) is 6.24. The van der Waals surface area contributed by atoms with Crippen LogP contribution in [0.2, 0.25) is 0 Å². The quantitative estimate of drug-likeness (QED) is 0.769. The largest absolute Gasteiger partial charge is 0.497 e. The molecular formula is C13H15FN2O5. The number of nitrogens with one attached hydrogen (secondary N) is 1. The maximum Gasteiger partial charge on any atom is 0.326 e. The highest BCUT2D eigenvalue weighted by Gasteiger charge is 2.39. The van der Waals surface area contributed by atoms with Gasteiger partial charge < -0.3 is 25.2 Å². The molecule has 0 saturated carbocycles. The zero-order chi connectivity index (χ0) is 15.6. The first-order chi connectivity index (χ1) is 9.92. The van der Waals surface area contributed by atoms with Gasteiger partial charge in [0.25, 0.3) is 0 Å². The maximum absolute atomic E-state index is 13.6. The molecule has 0 aromatic heterocycles. The van der Waals surface area contributed by atoms with Gasteiger partial charge in [0.2, 0.25) is 0 Å². The number of carboxylic acids is 1. The van der Waals surface area contributed by atoms with E-state index in [1.165, 1.54) is 19.2 Å². The number of nitrogens with zero attached hydrogens (tertiary/aromatic N) is 1. The number of hydrogen-bond acceptors (Lipinski definition) is 4. The Bertz CT molecular complexity index is 565. The number of halogens is 1. The number of benzene rings is 1. The second-order valence-electron chi connectivity index (χ2n) is 4.67. The zero-order valence-electron chi connectivity index (χ0n) is 11.2. The van der Waals surface area contributed by atoms with Gasteiger partial charge in [-0.2, -0.15) is 0 Å². The topological polar surface area (TPSA) is 99.1 Å².